The van der Waals surface area contributed by atoms with Gasteiger partial charge in [-0.3, -0.25) is 9.59 Å². The summed E-state index contributed by atoms with van der Waals surface area (Å²) >= 11 is 0. The quantitative estimate of drug-likeness (QED) is 0.611. The molecule has 0 aliphatic heterocycles. The minimum atomic E-state index is -0.745. The van der Waals surface area contributed by atoms with Crippen LogP contribution in [0.15, 0.2) is 0 Å². The highest BCUT2D eigenvalue weighted by Crippen LogP contribution is 1.67. The molecule has 0 unspecified atom stereocenters. The molecule has 4 heteroatoms. The number of carboxylic acids is 2. The molecule has 10 heavy (non-hydrogen) atoms. The maximum Gasteiger partial charge on any atom is 0.303 e. The first kappa shape index (κ1) is 11.7. The summed E-state index contributed by atoms with van der Waals surface area (Å²) in [6.07, 6.45) is 0.444. The van der Waals surface area contributed by atoms with E-state index in [4.69, 9.17) is 10.2 Å². The topological polar surface area (TPSA) is 74.6 Å². The summed E-state index contributed by atoms with van der Waals surface area (Å²) in [4.78, 5) is 18.7. The molecule has 0 fully saturated rings. The van der Waals surface area contributed by atoms with E-state index in [2.05, 4.69) is 0 Å². The summed E-state index contributed by atoms with van der Waals surface area (Å²) < 4.78 is 0. The van der Waals surface area contributed by atoms with Gasteiger partial charge in [-0.1, -0.05) is 13.8 Å². The number of carbonyl (C=O) groups is 2. The monoisotopic (exact) mass is 148 g/mol. The number of rotatable bonds is 2. The van der Waals surface area contributed by atoms with E-state index < -0.39 is 11.9 Å². The molecule has 0 bridgehead atoms. The molecule has 0 aliphatic rings. The van der Waals surface area contributed by atoms with Crippen LogP contribution in [0.2, 0.25) is 0 Å². The van der Waals surface area contributed by atoms with Crippen LogP contribution in [0.1, 0.15) is 26.7 Å². The number of hydrogen-bond donors (Lipinski definition) is 2. The maximum atomic E-state index is 9.37. The molecule has 0 saturated heterocycles. The van der Waals surface area contributed by atoms with Gasteiger partial charge in [0, 0.05) is 12.8 Å². The third-order valence-corrected chi connectivity index (χ3v) is 0.605. The SMILES string of the molecule is CCC(=O)O.CCC(=O)O. The van der Waals surface area contributed by atoms with Gasteiger partial charge in [0.05, 0.1) is 0 Å². The third kappa shape index (κ3) is 28.3. The van der Waals surface area contributed by atoms with Crippen LogP contribution >= 0.6 is 0 Å². The van der Waals surface area contributed by atoms with Crippen molar-refractivity contribution in [2.75, 3.05) is 0 Å². The van der Waals surface area contributed by atoms with Crippen molar-refractivity contribution in [1.29, 1.82) is 0 Å². The smallest absolute Gasteiger partial charge is 0.303 e. The van der Waals surface area contributed by atoms with Gasteiger partial charge in [0.2, 0.25) is 0 Å². The Morgan fingerprint density at radius 1 is 1.00 bits per heavy atom. The van der Waals surface area contributed by atoms with E-state index in [0.717, 1.165) is 0 Å². The van der Waals surface area contributed by atoms with Crippen LogP contribution in [-0.2, 0) is 9.59 Å². The summed E-state index contributed by atoms with van der Waals surface area (Å²) in [6.45, 7) is 3.20. The summed E-state index contributed by atoms with van der Waals surface area (Å²) in [5.74, 6) is -1.49. The van der Waals surface area contributed by atoms with Crippen LogP contribution in [0.4, 0.5) is 0 Å². The number of carboxylic acid groups (broad SMARTS) is 2. The predicted octanol–water partition coefficient (Wildman–Crippen LogP) is 0.962. The molecule has 0 saturated carbocycles. The van der Waals surface area contributed by atoms with E-state index in [-0.39, 0.29) is 12.8 Å². The highest BCUT2D eigenvalue weighted by molar-refractivity contribution is 5.66. The molecule has 4 nitrogen and oxygen atoms in total. The van der Waals surface area contributed by atoms with Gasteiger partial charge in [-0.25, -0.2) is 0 Å². The number of hydrogen-bond acceptors (Lipinski definition) is 2. The average molecular weight is 148 g/mol. The van der Waals surface area contributed by atoms with Gasteiger partial charge in [0.25, 0.3) is 0 Å². The second-order valence-corrected chi connectivity index (χ2v) is 1.49. The normalized spacial score (nSPS) is 7.40. The molecule has 0 heterocycles. The van der Waals surface area contributed by atoms with Crippen LogP contribution in [0.25, 0.3) is 0 Å². The van der Waals surface area contributed by atoms with Crippen molar-refractivity contribution < 1.29 is 19.8 Å². The molecule has 0 aromatic rings. The Morgan fingerprint density at radius 3 is 1.10 bits per heavy atom. The van der Waals surface area contributed by atoms with Crippen LogP contribution in [0.3, 0.4) is 0 Å². The molecule has 0 aromatic heterocycles. The summed E-state index contributed by atoms with van der Waals surface area (Å²) in [7, 11) is 0. The fourth-order valence-corrected chi connectivity index (χ4v) is 0. The molecule has 0 amide bonds. The molecule has 2 N–H and O–H groups in total. The first-order valence-electron chi connectivity index (χ1n) is 2.98. The molecule has 60 valence electrons. The first-order valence-corrected chi connectivity index (χ1v) is 2.98. The highest BCUT2D eigenvalue weighted by Gasteiger charge is 1.81. The van der Waals surface area contributed by atoms with E-state index in [9.17, 15) is 9.59 Å². The van der Waals surface area contributed by atoms with E-state index in [1.165, 1.54) is 0 Å². The van der Waals surface area contributed by atoms with Crippen molar-refractivity contribution >= 4 is 11.9 Å². The predicted molar refractivity (Wildman–Crippen MR) is 35.9 cm³/mol. The zero-order valence-corrected chi connectivity index (χ0v) is 6.13. The van der Waals surface area contributed by atoms with Crippen molar-refractivity contribution in [2.24, 2.45) is 0 Å². The molecule has 0 aliphatic carbocycles. The van der Waals surface area contributed by atoms with Gasteiger partial charge in [-0.15, -0.1) is 0 Å². The lowest BCUT2D eigenvalue weighted by Gasteiger charge is -1.71. The van der Waals surface area contributed by atoms with Crippen molar-refractivity contribution in [1.82, 2.24) is 0 Å². The molecule has 0 atom stereocenters. The minimum absolute atomic E-state index is 0.222. The van der Waals surface area contributed by atoms with Crippen molar-refractivity contribution in [3.63, 3.8) is 0 Å². The summed E-state index contributed by atoms with van der Waals surface area (Å²) in [5.41, 5.74) is 0. The van der Waals surface area contributed by atoms with Gasteiger partial charge >= 0.3 is 11.9 Å². The highest BCUT2D eigenvalue weighted by atomic mass is 16.4. The molecule has 0 radical (unpaired) electrons. The third-order valence-electron chi connectivity index (χ3n) is 0.605. The van der Waals surface area contributed by atoms with Gasteiger partial charge in [0.1, 0.15) is 0 Å². The van der Waals surface area contributed by atoms with Crippen LogP contribution in [0, 0.1) is 0 Å². The lowest BCUT2D eigenvalue weighted by Crippen LogP contribution is -1.86. The van der Waals surface area contributed by atoms with Gasteiger partial charge in [-0.05, 0) is 0 Å². The minimum Gasteiger partial charge on any atom is -0.481 e. The maximum absolute atomic E-state index is 9.37. The van der Waals surface area contributed by atoms with Crippen molar-refractivity contribution in [3.05, 3.63) is 0 Å². The zero-order chi connectivity index (χ0) is 8.57. The fraction of sp³-hybridized carbons (Fsp3) is 0.667. The Labute approximate surface area is 59.5 Å². The second-order valence-electron chi connectivity index (χ2n) is 1.49. The van der Waals surface area contributed by atoms with Crippen molar-refractivity contribution in [3.8, 4) is 0 Å². The first-order chi connectivity index (χ1) is 4.54. The van der Waals surface area contributed by atoms with Gasteiger partial charge in [0.15, 0.2) is 0 Å². The fourth-order valence-electron chi connectivity index (χ4n) is 0. The van der Waals surface area contributed by atoms with E-state index in [0.29, 0.717) is 0 Å². The standard InChI is InChI=1S/2C3H6O2/c2*1-2-3(4)5/h2*2H2,1H3,(H,4,5). The van der Waals surface area contributed by atoms with Crippen LogP contribution in [-0.4, -0.2) is 22.2 Å². The lowest BCUT2D eigenvalue weighted by molar-refractivity contribution is -0.137. The second kappa shape index (κ2) is 7.94. The van der Waals surface area contributed by atoms with Gasteiger partial charge < -0.3 is 10.2 Å². The molecule has 0 spiro atoms. The summed E-state index contributed by atoms with van der Waals surface area (Å²) in [5, 5.41) is 15.4. The Morgan fingerprint density at radius 2 is 1.10 bits per heavy atom. The van der Waals surface area contributed by atoms with Gasteiger partial charge in [-0.2, -0.15) is 0 Å². The van der Waals surface area contributed by atoms with E-state index in [1.807, 2.05) is 0 Å². The summed E-state index contributed by atoms with van der Waals surface area (Å²) in [6, 6.07) is 0. The number of aliphatic carboxylic acids is 2. The average Bonchev–Trinajstić information content (AvgIpc) is 1.89. The Balaban J connectivity index is 0. The van der Waals surface area contributed by atoms with Crippen molar-refractivity contribution in [2.45, 2.75) is 26.7 Å². The Bertz CT molecular complexity index is 94.3. The Hall–Kier alpha value is -1.06. The molecule has 0 aromatic carbocycles. The van der Waals surface area contributed by atoms with Crippen LogP contribution in [0.5, 0.6) is 0 Å². The van der Waals surface area contributed by atoms with Crippen LogP contribution < -0.4 is 0 Å². The molecular formula is C6H12O4. The zero-order valence-electron chi connectivity index (χ0n) is 6.13. The largest absolute Gasteiger partial charge is 0.481 e. The van der Waals surface area contributed by atoms with E-state index >= 15 is 0 Å². The lowest BCUT2D eigenvalue weighted by atomic mass is 10.5. The molecular weight excluding hydrogens is 136 g/mol. The molecule has 0 rings (SSSR count). The van der Waals surface area contributed by atoms with E-state index in [1.54, 1.807) is 13.8 Å². The Kier molecular flexibility index (Phi) is 9.29.